The van der Waals surface area contributed by atoms with Crippen molar-refractivity contribution in [2.24, 2.45) is 0 Å². The lowest BCUT2D eigenvalue weighted by Gasteiger charge is -2.24. The van der Waals surface area contributed by atoms with Crippen LogP contribution in [-0.2, 0) is 0 Å². The molecule has 5 nitrogen and oxygen atoms in total. The highest BCUT2D eigenvalue weighted by Gasteiger charge is 2.25. The average molecular weight is 258 g/mol. The third kappa shape index (κ3) is 2.46. The van der Waals surface area contributed by atoms with Gasteiger partial charge in [-0.05, 0) is 43.5 Å². The maximum Gasteiger partial charge on any atom is 0.151 e. The van der Waals surface area contributed by atoms with E-state index in [1.165, 1.54) is 0 Å². The van der Waals surface area contributed by atoms with Gasteiger partial charge in [0.2, 0.25) is 0 Å². The van der Waals surface area contributed by atoms with Gasteiger partial charge in [-0.3, -0.25) is 0 Å². The van der Waals surface area contributed by atoms with E-state index in [0.29, 0.717) is 6.04 Å². The zero-order chi connectivity index (χ0) is 13.1. The Morgan fingerprint density at radius 3 is 2.95 bits per heavy atom. The van der Waals surface area contributed by atoms with Crippen LogP contribution >= 0.6 is 0 Å². The second-order valence-corrected chi connectivity index (χ2v) is 4.86. The summed E-state index contributed by atoms with van der Waals surface area (Å²) in [5.74, 6) is 0.909. The Bertz CT molecular complexity index is 509. The monoisotopic (exact) mass is 258 g/mol. The van der Waals surface area contributed by atoms with E-state index in [-0.39, 0.29) is 6.61 Å². The van der Waals surface area contributed by atoms with Gasteiger partial charge in [0.1, 0.15) is 5.69 Å². The summed E-state index contributed by atoms with van der Waals surface area (Å²) in [6.45, 7) is 1.23. The number of aliphatic hydroxyl groups is 1. The summed E-state index contributed by atoms with van der Waals surface area (Å²) in [7, 11) is 0. The minimum atomic E-state index is 0.231. The molecule has 0 aromatic carbocycles. The Labute approximate surface area is 112 Å². The molecular weight excluding hydrogens is 240 g/mol. The van der Waals surface area contributed by atoms with Crippen LogP contribution in [0.3, 0.4) is 0 Å². The summed E-state index contributed by atoms with van der Waals surface area (Å²) in [5, 5.41) is 17.7. The van der Waals surface area contributed by atoms with Crippen molar-refractivity contribution in [1.29, 1.82) is 0 Å². The average Bonchev–Trinajstić information content (AvgIpc) is 3.10. The zero-order valence-corrected chi connectivity index (χ0v) is 10.8. The van der Waals surface area contributed by atoms with Crippen molar-refractivity contribution in [2.75, 3.05) is 18.1 Å². The molecule has 1 unspecified atom stereocenters. The van der Waals surface area contributed by atoms with Crippen LogP contribution in [-0.4, -0.2) is 39.5 Å². The topological polar surface area (TPSA) is 65.0 Å². The van der Waals surface area contributed by atoms with Crippen LogP contribution in [0.15, 0.2) is 30.5 Å². The van der Waals surface area contributed by atoms with Gasteiger partial charge >= 0.3 is 0 Å². The molecule has 0 saturated carbocycles. The molecule has 0 amide bonds. The fourth-order valence-electron chi connectivity index (χ4n) is 2.70. The molecule has 2 aromatic heterocycles. The van der Waals surface area contributed by atoms with Gasteiger partial charge in [0.15, 0.2) is 5.82 Å². The molecule has 1 saturated heterocycles. The second-order valence-electron chi connectivity index (χ2n) is 4.86. The number of aromatic nitrogens is 3. The van der Waals surface area contributed by atoms with Crippen molar-refractivity contribution in [3.8, 4) is 11.4 Å². The van der Waals surface area contributed by atoms with Crippen LogP contribution < -0.4 is 4.90 Å². The molecular formula is C14H18N4O. The van der Waals surface area contributed by atoms with Gasteiger partial charge in [0, 0.05) is 25.4 Å². The van der Waals surface area contributed by atoms with Gasteiger partial charge in [-0.2, -0.15) is 0 Å². The molecule has 3 rings (SSSR count). The van der Waals surface area contributed by atoms with Gasteiger partial charge in [0.05, 0.1) is 5.69 Å². The number of hydrogen-bond acceptors (Lipinski definition) is 4. The molecule has 0 bridgehead atoms. The molecule has 100 valence electrons. The SMILES string of the molecule is OCCC1CCCN1c1ccc(-c2ccc[nH]2)nn1. The first-order valence-corrected chi connectivity index (χ1v) is 6.73. The molecule has 0 aliphatic carbocycles. The number of nitrogens with zero attached hydrogens (tertiary/aromatic N) is 3. The lowest BCUT2D eigenvalue weighted by Crippen LogP contribution is -2.30. The number of rotatable bonds is 4. The lowest BCUT2D eigenvalue weighted by atomic mass is 10.1. The van der Waals surface area contributed by atoms with E-state index >= 15 is 0 Å². The van der Waals surface area contributed by atoms with Gasteiger partial charge in [-0.1, -0.05) is 0 Å². The minimum absolute atomic E-state index is 0.231. The molecule has 0 radical (unpaired) electrons. The largest absolute Gasteiger partial charge is 0.396 e. The first kappa shape index (κ1) is 12.2. The number of nitrogens with one attached hydrogen (secondary N) is 1. The summed E-state index contributed by atoms with van der Waals surface area (Å²) in [5.41, 5.74) is 1.83. The summed E-state index contributed by atoms with van der Waals surface area (Å²) < 4.78 is 0. The fourth-order valence-corrected chi connectivity index (χ4v) is 2.70. The number of hydrogen-bond donors (Lipinski definition) is 2. The Morgan fingerprint density at radius 1 is 1.32 bits per heavy atom. The molecule has 1 aliphatic heterocycles. The highest BCUT2D eigenvalue weighted by molar-refractivity contribution is 5.55. The first-order chi connectivity index (χ1) is 9.38. The Hall–Kier alpha value is -1.88. The molecule has 3 heterocycles. The lowest BCUT2D eigenvalue weighted by molar-refractivity contribution is 0.275. The van der Waals surface area contributed by atoms with Crippen molar-refractivity contribution in [3.05, 3.63) is 30.5 Å². The number of anilines is 1. The van der Waals surface area contributed by atoms with E-state index in [0.717, 1.165) is 43.0 Å². The summed E-state index contributed by atoms with van der Waals surface area (Å²) in [6.07, 6.45) is 4.97. The molecule has 0 spiro atoms. The van der Waals surface area contributed by atoms with Crippen LogP contribution in [0.5, 0.6) is 0 Å². The van der Waals surface area contributed by atoms with Crippen molar-refractivity contribution >= 4 is 5.82 Å². The molecule has 2 N–H and O–H groups in total. The van der Waals surface area contributed by atoms with Crippen molar-refractivity contribution in [3.63, 3.8) is 0 Å². The first-order valence-electron chi connectivity index (χ1n) is 6.73. The zero-order valence-electron chi connectivity index (χ0n) is 10.8. The fraction of sp³-hybridized carbons (Fsp3) is 0.429. The summed E-state index contributed by atoms with van der Waals surface area (Å²) in [4.78, 5) is 5.37. The van der Waals surface area contributed by atoms with E-state index in [1.807, 2.05) is 30.5 Å². The van der Waals surface area contributed by atoms with Gasteiger partial charge < -0.3 is 15.0 Å². The van der Waals surface area contributed by atoms with Gasteiger partial charge in [-0.15, -0.1) is 10.2 Å². The van der Waals surface area contributed by atoms with E-state index in [1.54, 1.807) is 0 Å². The van der Waals surface area contributed by atoms with Gasteiger partial charge in [0.25, 0.3) is 0 Å². The Balaban J connectivity index is 1.79. The van der Waals surface area contributed by atoms with E-state index in [4.69, 9.17) is 5.11 Å². The molecule has 1 aliphatic rings. The maximum atomic E-state index is 9.09. The van der Waals surface area contributed by atoms with Crippen molar-refractivity contribution < 1.29 is 5.11 Å². The smallest absolute Gasteiger partial charge is 0.151 e. The van der Waals surface area contributed by atoms with Crippen LogP contribution in [0.1, 0.15) is 19.3 Å². The van der Waals surface area contributed by atoms with Crippen LogP contribution in [0, 0.1) is 0 Å². The highest BCUT2D eigenvalue weighted by atomic mass is 16.3. The third-order valence-corrected chi connectivity index (χ3v) is 3.66. The predicted octanol–water partition coefficient (Wildman–Crippen LogP) is 1.82. The van der Waals surface area contributed by atoms with Crippen LogP contribution in [0.25, 0.3) is 11.4 Å². The molecule has 1 fully saturated rings. The highest BCUT2D eigenvalue weighted by Crippen LogP contribution is 2.26. The number of aliphatic hydroxyl groups excluding tert-OH is 1. The molecule has 5 heteroatoms. The number of aromatic amines is 1. The predicted molar refractivity (Wildman–Crippen MR) is 73.9 cm³/mol. The third-order valence-electron chi connectivity index (χ3n) is 3.66. The van der Waals surface area contributed by atoms with Crippen LogP contribution in [0.2, 0.25) is 0 Å². The van der Waals surface area contributed by atoms with E-state index in [9.17, 15) is 0 Å². The standard InChI is InChI=1S/C14H18N4O/c19-10-7-11-3-2-9-18(11)14-6-5-13(16-17-14)12-4-1-8-15-12/h1,4-6,8,11,15,19H,2-3,7,9-10H2. The summed E-state index contributed by atoms with van der Waals surface area (Å²) in [6, 6.07) is 8.33. The van der Waals surface area contributed by atoms with Crippen molar-refractivity contribution in [1.82, 2.24) is 15.2 Å². The molecule has 2 aromatic rings. The second kappa shape index (κ2) is 5.40. The minimum Gasteiger partial charge on any atom is -0.396 e. The summed E-state index contributed by atoms with van der Waals surface area (Å²) >= 11 is 0. The van der Waals surface area contributed by atoms with Crippen LogP contribution in [0.4, 0.5) is 5.82 Å². The number of H-pyrrole nitrogens is 1. The van der Waals surface area contributed by atoms with E-state index < -0.39 is 0 Å². The molecule has 19 heavy (non-hydrogen) atoms. The Morgan fingerprint density at radius 2 is 2.26 bits per heavy atom. The van der Waals surface area contributed by atoms with Crippen molar-refractivity contribution in [2.45, 2.75) is 25.3 Å². The Kier molecular flexibility index (Phi) is 3.46. The normalized spacial score (nSPS) is 19.0. The molecule has 1 atom stereocenters. The van der Waals surface area contributed by atoms with Gasteiger partial charge in [-0.25, -0.2) is 0 Å². The maximum absolute atomic E-state index is 9.09. The van der Waals surface area contributed by atoms with E-state index in [2.05, 4.69) is 20.1 Å². The quantitative estimate of drug-likeness (QED) is 0.878.